The van der Waals surface area contributed by atoms with Crippen LogP contribution in [0.1, 0.15) is 167 Å². The number of Topliss-reactive ketones (excluding diaryl/α,β-unsaturated/α-hetero) is 1. The van der Waals surface area contributed by atoms with Crippen molar-refractivity contribution >= 4 is 34.6 Å². The predicted molar refractivity (Wildman–Crippen MR) is 257 cm³/mol. The van der Waals surface area contributed by atoms with Gasteiger partial charge in [0.15, 0.2) is 5.78 Å². The second kappa shape index (κ2) is 20.5. The Morgan fingerprint density at radius 1 is 0.823 bits per heavy atom. The largest absolute Gasteiger partial charge is 0.461 e. The summed E-state index contributed by atoms with van der Waals surface area (Å²) >= 11 is 0. The summed E-state index contributed by atoms with van der Waals surface area (Å²) in [5.74, 6) is 2.01. The van der Waals surface area contributed by atoms with Gasteiger partial charge in [-0.1, -0.05) is 92.1 Å². The monoisotopic (exact) mass is 843 g/mol. The third-order valence-corrected chi connectivity index (χ3v) is 14.3. The van der Waals surface area contributed by atoms with Crippen molar-refractivity contribution in [3.05, 3.63) is 91.2 Å². The van der Waals surface area contributed by atoms with Crippen LogP contribution in [0.25, 0.3) is 0 Å². The van der Waals surface area contributed by atoms with Crippen molar-refractivity contribution in [3.8, 4) is 0 Å². The van der Waals surface area contributed by atoms with E-state index in [1.54, 1.807) is 6.92 Å². The zero-order valence-electron chi connectivity index (χ0n) is 40.1. The summed E-state index contributed by atoms with van der Waals surface area (Å²) in [4.78, 5) is 47.9. The van der Waals surface area contributed by atoms with Crippen molar-refractivity contribution in [3.63, 3.8) is 0 Å². The molecule has 1 N–H and O–H groups in total. The van der Waals surface area contributed by atoms with Crippen molar-refractivity contribution in [2.45, 2.75) is 173 Å². The van der Waals surface area contributed by atoms with Crippen molar-refractivity contribution in [1.82, 2.24) is 0 Å². The average molecular weight is 843 g/mol. The molecule has 0 aromatic rings. The minimum atomic E-state index is -0.735. The third-order valence-electron chi connectivity index (χ3n) is 14.3. The highest BCUT2D eigenvalue weighted by atomic mass is 16.5. The zero-order chi connectivity index (χ0) is 45.0. The first-order valence-electron chi connectivity index (χ1n) is 23.9. The van der Waals surface area contributed by atoms with Gasteiger partial charge in [0, 0.05) is 47.1 Å². The number of ketones is 1. The fourth-order valence-corrected chi connectivity index (χ4v) is 10.4. The number of carbonyl (C=O) groups is 2. The van der Waals surface area contributed by atoms with E-state index in [-0.39, 0.29) is 43.0 Å². The quantitative estimate of drug-likeness (QED) is 0.103. The first-order chi connectivity index (χ1) is 29.5. The molecule has 0 aromatic carbocycles. The third kappa shape index (κ3) is 10.4. The van der Waals surface area contributed by atoms with E-state index in [9.17, 15) is 14.7 Å². The predicted octanol–water partition coefficient (Wildman–Crippen LogP) is 12.8. The van der Waals surface area contributed by atoms with Gasteiger partial charge in [-0.2, -0.15) is 0 Å². The number of rotatable bonds is 19. The van der Waals surface area contributed by atoms with Gasteiger partial charge in [0.1, 0.15) is 6.61 Å². The lowest BCUT2D eigenvalue weighted by atomic mass is 9.83. The number of aliphatic hydroxyl groups is 1. The van der Waals surface area contributed by atoms with Crippen LogP contribution in [0, 0.1) is 29.6 Å². The Bertz CT molecular complexity index is 2220. The lowest BCUT2D eigenvalue weighted by Crippen LogP contribution is -2.19. The molecule has 1 fully saturated rings. The molecule has 0 spiro atoms. The van der Waals surface area contributed by atoms with Gasteiger partial charge < -0.3 is 9.84 Å². The highest BCUT2D eigenvalue weighted by Gasteiger charge is 2.43. The first-order valence-corrected chi connectivity index (χ1v) is 23.9. The van der Waals surface area contributed by atoms with E-state index in [4.69, 9.17) is 24.7 Å². The standard InChI is InChI=1S/C54H74N4O4/c1-13-40-34(7)43-29-46-49(39(12)59)37(10)52(57-46)38(11)51-35(8)41(53(58-51)42-27-47(60)50-36(9)44(56-54(42)50)28-45(40)55-43)23-24-48(61)62-26-25-33(6)22-16-21-32(5)20-15-19-31(4)18-14-17-30(2)3/h25,28-32,35,39,41,59H,13-24,26-27H2,1-12H3. The van der Waals surface area contributed by atoms with Crippen molar-refractivity contribution in [2.24, 2.45) is 49.6 Å². The van der Waals surface area contributed by atoms with Gasteiger partial charge >= 0.3 is 5.97 Å². The van der Waals surface area contributed by atoms with E-state index < -0.39 is 6.10 Å². The minimum absolute atomic E-state index is 0.0497. The Labute approximate surface area is 372 Å². The number of hydrogen-bond donors (Lipinski definition) is 1. The number of carbonyl (C=O) groups excluding carboxylic acids is 2. The number of aliphatic hydroxyl groups excluding tert-OH is 1. The van der Waals surface area contributed by atoms with E-state index in [1.807, 2.05) is 26.0 Å². The lowest BCUT2D eigenvalue weighted by Gasteiger charge is -2.19. The maximum Gasteiger partial charge on any atom is 0.306 e. The molecule has 334 valence electrons. The average Bonchev–Trinajstić information content (AvgIpc) is 3.98. The van der Waals surface area contributed by atoms with Crippen molar-refractivity contribution < 1.29 is 19.4 Å². The van der Waals surface area contributed by atoms with E-state index in [0.29, 0.717) is 23.4 Å². The van der Waals surface area contributed by atoms with Gasteiger partial charge in [0.25, 0.3) is 0 Å². The molecule has 1 saturated carbocycles. The van der Waals surface area contributed by atoms with Crippen molar-refractivity contribution in [1.29, 1.82) is 0 Å². The summed E-state index contributed by atoms with van der Waals surface area (Å²) in [6.07, 6.45) is 18.6. The number of ether oxygens (including phenoxy) is 1. The molecule has 5 heterocycles. The molecule has 0 radical (unpaired) electrons. The summed E-state index contributed by atoms with van der Waals surface area (Å²) in [5.41, 5.74) is 14.8. The summed E-state index contributed by atoms with van der Waals surface area (Å²) in [7, 11) is 0. The van der Waals surface area contributed by atoms with Crippen LogP contribution in [0.5, 0.6) is 0 Å². The Balaban J connectivity index is 1.16. The molecule has 62 heavy (non-hydrogen) atoms. The molecule has 0 aromatic heterocycles. The fourth-order valence-electron chi connectivity index (χ4n) is 10.4. The molecule has 6 rings (SSSR count). The van der Waals surface area contributed by atoms with Crippen LogP contribution in [-0.4, -0.2) is 52.4 Å². The highest BCUT2D eigenvalue weighted by Crippen LogP contribution is 2.46. The van der Waals surface area contributed by atoms with Crippen LogP contribution < -0.4 is 0 Å². The number of allylic oxidation sites excluding steroid dienone is 11. The molecular weight excluding hydrogens is 769 g/mol. The summed E-state index contributed by atoms with van der Waals surface area (Å²) in [5, 5.41) is 11.1. The second-order valence-electron chi connectivity index (χ2n) is 19.6. The number of nitrogens with zero attached hydrogens (tertiary/aromatic N) is 4. The van der Waals surface area contributed by atoms with Gasteiger partial charge in [-0.3, -0.25) is 14.6 Å². The van der Waals surface area contributed by atoms with Crippen LogP contribution >= 0.6 is 0 Å². The van der Waals surface area contributed by atoms with E-state index >= 15 is 0 Å². The molecule has 6 aliphatic rings. The number of esters is 1. The molecule has 8 heteroatoms. The molecule has 5 atom stereocenters. The SMILES string of the molecule is CCC1=C(C)C2=CC3=NC(=C(C)C4=NC(=C5CC(=O)C6=C(C)C(=CC1=N2)N=C56)C(CCC(=O)OCC=C(C)CCCC(C)CCCC(C)CCCC(C)C)C4C)C(C)=C3C(C)O. The summed E-state index contributed by atoms with van der Waals surface area (Å²) in [6.45, 7) is 26.1. The molecule has 0 saturated heterocycles. The number of hydrogen-bond acceptors (Lipinski definition) is 8. The fraction of sp³-hybridized carbons (Fsp3) is 0.593. The summed E-state index contributed by atoms with van der Waals surface area (Å²) in [6, 6.07) is 0. The van der Waals surface area contributed by atoms with Crippen LogP contribution in [-0.2, 0) is 14.3 Å². The van der Waals surface area contributed by atoms with Gasteiger partial charge in [-0.25, -0.2) is 15.0 Å². The Morgan fingerprint density at radius 2 is 1.47 bits per heavy atom. The Morgan fingerprint density at radius 3 is 2.13 bits per heavy atom. The van der Waals surface area contributed by atoms with Crippen LogP contribution in [0.3, 0.4) is 0 Å². The first kappa shape index (κ1) is 47.2. The molecule has 5 aliphatic heterocycles. The topological polar surface area (TPSA) is 113 Å². The van der Waals surface area contributed by atoms with Gasteiger partial charge in [0.2, 0.25) is 0 Å². The molecule has 1 aliphatic carbocycles. The van der Waals surface area contributed by atoms with Crippen LogP contribution in [0.15, 0.2) is 111 Å². The Hall–Kier alpha value is -4.30. The van der Waals surface area contributed by atoms with Crippen LogP contribution in [0.2, 0.25) is 0 Å². The van der Waals surface area contributed by atoms with E-state index in [2.05, 4.69) is 68.4 Å². The number of fused-ring (bicyclic) bond motifs is 4. The molecule has 8 nitrogen and oxygen atoms in total. The van der Waals surface area contributed by atoms with Gasteiger partial charge in [-0.05, 0) is 131 Å². The minimum Gasteiger partial charge on any atom is -0.461 e. The van der Waals surface area contributed by atoms with Crippen molar-refractivity contribution in [2.75, 3.05) is 6.61 Å². The molecule has 8 bridgehead atoms. The number of aliphatic imine (C=N–C) groups is 4. The Kier molecular flexibility index (Phi) is 15.6. The highest BCUT2D eigenvalue weighted by molar-refractivity contribution is 6.38. The maximum atomic E-state index is 13.8. The van der Waals surface area contributed by atoms with E-state index in [0.717, 1.165) is 110 Å². The van der Waals surface area contributed by atoms with Gasteiger partial charge in [0.05, 0.1) is 46.0 Å². The normalized spacial score (nSPS) is 22.8. The maximum absolute atomic E-state index is 13.8. The lowest BCUT2D eigenvalue weighted by molar-refractivity contribution is -0.142. The molecule has 5 unspecified atom stereocenters. The zero-order valence-corrected chi connectivity index (χ0v) is 40.1. The smallest absolute Gasteiger partial charge is 0.306 e. The summed E-state index contributed by atoms with van der Waals surface area (Å²) < 4.78 is 5.80. The van der Waals surface area contributed by atoms with Crippen LogP contribution in [0.4, 0.5) is 0 Å². The van der Waals surface area contributed by atoms with Gasteiger partial charge in [-0.15, -0.1) is 0 Å². The molecule has 0 amide bonds. The molecular formula is C54H74N4O4. The van der Waals surface area contributed by atoms with E-state index in [1.165, 1.54) is 50.5 Å². The second-order valence-corrected chi connectivity index (χ2v) is 19.6.